The minimum absolute atomic E-state index is 0.0902. The van der Waals surface area contributed by atoms with Gasteiger partial charge in [0.1, 0.15) is 17.2 Å². The van der Waals surface area contributed by atoms with Crippen molar-refractivity contribution in [3.63, 3.8) is 0 Å². The topological polar surface area (TPSA) is 45.5 Å². The molecule has 3 heterocycles. The molecular formula is C20H22N2O2. The fourth-order valence-corrected chi connectivity index (χ4v) is 4.06. The summed E-state index contributed by atoms with van der Waals surface area (Å²) in [4.78, 5) is 14.6. The van der Waals surface area contributed by atoms with Crippen LogP contribution in [-0.2, 0) is 10.2 Å². The van der Waals surface area contributed by atoms with Crippen molar-refractivity contribution in [1.29, 1.82) is 0 Å². The van der Waals surface area contributed by atoms with Gasteiger partial charge in [-0.05, 0) is 42.8 Å². The van der Waals surface area contributed by atoms with Gasteiger partial charge in [-0.1, -0.05) is 32.0 Å². The van der Waals surface area contributed by atoms with Gasteiger partial charge in [0.2, 0.25) is 5.91 Å². The largest absolute Gasteiger partial charge is 0.462 e. The maximum atomic E-state index is 12.3. The number of nitrogens with zero attached hydrogens (tertiary/aromatic N) is 1. The predicted molar refractivity (Wildman–Crippen MR) is 94.8 cm³/mol. The summed E-state index contributed by atoms with van der Waals surface area (Å²) < 4.78 is 5.67. The first-order valence-electron chi connectivity index (χ1n) is 8.38. The van der Waals surface area contributed by atoms with Gasteiger partial charge in [0.05, 0.1) is 0 Å². The number of fused-ring (bicyclic) bond motifs is 3. The molecule has 1 fully saturated rings. The quantitative estimate of drug-likeness (QED) is 0.918. The van der Waals surface area contributed by atoms with Crippen LogP contribution in [0.5, 0.6) is 0 Å². The van der Waals surface area contributed by atoms with Crippen molar-refractivity contribution < 1.29 is 9.21 Å². The molecule has 0 saturated carbocycles. The molecule has 2 aliphatic heterocycles. The highest BCUT2D eigenvalue weighted by atomic mass is 16.3. The summed E-state index contributed by atoms with van der Waals surface area (Å²) in [7, 11) is 0. The van der Waals surface area contributed by atoms with Crippen LogP contribution in [0, 0.1) is 6.92 Å². The summed E-state index contributed by atoms with van der Waals surface area (Å²) in [5.41, 5.74) is 1.63. The molecule has 1 saturated heterocycles. The zero-order valence-corrected chi connectivity index (χ0v) is 14.3. The number of anilines is 1. The second kappa shape index (κ2) is 5.00. The maximum Gasteiger partial charge on any atom is 0.223 e. The third-order valence-electron chi connectivity index (χ3n) is 5.39. The highest BCUT2D eigenvalue weighted by molar-refractivity contribution is 5.84. The van der Waals surface area contributed by atoms with Crippen molar-refractivity contribution in [2.75, 3.05) is 11.4 Å². The van der Waals surface area contributed by atoms with Crippen molar-refractivity contribution in [2.45, 2.75) is 38.3 Å². The molecule has 1 atom stereocenters. The number of benzene rings is 1. The number of furan rings is 1. The van der Waals surface area contributed by atoms with E-state index in [0.717, 1.165) is 11.5 Å². The van der Waals surface area contributed by atoms with Crippen LogP contribution in [0.2, 0.25) is 0 Å². The number of rotatable bonds is 2. The SMILES string of the molecule is Cc1ccc(C=C[C@]23NC(=O)CCN2c2ccccc2C3(C)C)o1. The molecule has 1 amide bonds. The van der Waals surface area contributed by atoms with Crippen LogP contribution in [-0.4, -0.2) is 18.1 Å². The molecule has 2 aromatic rings. The van der Waals surface area contributed by atoms with E-state index in [1.807, 2.05) is 25.1 Å². The summed E-state index contributed by atoms with van der Waals surface area (Å²) in [6.45, 7) is 7.03. The fourth-order valence-electron chi connectivity index (χ4n) is 4.06. The molecule has 1 aromatic heterocycles. The summed E-state index contributed by atoms with van der Waals surface area (Å²) in [5.74, 6) is 1.77. The van der Waals surface area contributed by atoms with Crippen LogP contribution >= 0.6 is 0 Å². The van der Waals surface area contributed by atoms with Gasteiger partial charge in [0, 0.05) is 24.1 Å². The number of carbonyl (C=O) groups excluding carboxylic acids is 1. The van der Waals surface area contributed by atoms with Gasteiger partial charge in [0.15, 0.2) is 0 Å². The Hall–Kier alpha value is -2.49. The highest BCUT2D eigenvalue weighted by Crippen LogP contribution is 2.52. The number of aryl methyl sites for hydroxylation is 1. The Morgan fingerprint density at radius 2 is 2.00 bits per heavy atom. The molecule has 0 bridgehead atoms. The van der Waals surface area contributed by atoms with Crippen LogP contribution in [0.1, 0.15) is 37.4 Å². The van der Waals surface area contributed by atoms with Crippen LogP contribution in [0.25, 0.3) is 6.08 Å². The first-order chi connectivity index (χ1) is 11.4. The second-order valence-corrected chi connectivity index (χ2v) is 7.14. The molecule has 24 heavy (non-hydrogen) atoms. The molecule has 4 heteroatoms. The van der Waals surface area contributed by atoms with Crippen molar-refractivity contribution in [3.8, 4) is 0 Å². The summed E-state index contributed by atoms with van der Waals surface area (Å²) in [6, 6.07) is 12.3. The van der Waals surface area contributed by atoms with Gasteiger partial charge in [-0.15, -0.1) is 0 Å². The lowest BCUT2D eigenvalue weighted by Crippen LogP contribution is -2.68. The van der Waals surface area contributed by atoms with Crippen LogP contribution in [0.3, 0.4) is 0 Å². The van der Waals surface area contributed by atoms with Gasteiger partial charge in [-0.3, -0.25) is 4.79 Å². The van der Waals surface area contributed by atoms with Gasteiger partial charge in [0.25, 0.3) is 0 Å². The molecule has 4 nitrogen and oxygen atoms in total. The number of para-hydroxylation sites is 1. The Labute approximate surface area is 142 Å². The van der Waals surface area contributed by atoms with Crippen LogP contribution in [0.15, 0.2) is 46.9 Å². The smallest absolute Gasteiger partial charge is 0.223 e. The zero-order chi connectivity index (χ0) is 16.9. The Morgan fingerprint density at radius 1 is 1.21 bits per heavy atom. The standard InChI is InChI=1S/C20H22N2O2/c1-14-8-9-15(24-14)10-12-20-19(2,3)16-6-4-5-7-17(16)22(20)13-11-18(23)21-20/h4-10,12H,11,13H2,1-3H3,(H,21,23)/t20-/m0/s1. The number of carbonyl (C=O) groups is 1. The van der Waals surface area contributed by atoms with E-state index in [0.29, 0.717) is 13.0 Å². The van der Waals surface area contributed by atoms with Gasteiger partial charge < -0.3 is 14.6 Å². The van der Waals surface area contributed by atoms with Crippen LogP contribution < -0.4 is 10.2 Å². The van der Waals surface area contributed by atoms with E-state index in [9.17, 15) is 4.79 Å². The van der Waals surface area contributed by atoms with Crippen molar-refractivity contribution in [1.82, 2.24) is 5.32 Å². The Kier molecular flexibility index (Phi) is 3.14. The van der Waals surface area contributed by atoms with Crippen LogP contribution in [0.4, 0.5) is 5.69 Å². The van der Waals surface area contributed by atoms with E-state index >= 15 is 0 Å². The maximum absolute atomic E-state index is 12.3. The minimum Gasteiger partial charge on any atom is -0.462 e. The number of hydrogen-bond acceptors (Lipinski definition) is 3. The minimum atomic E-state index is -0.577. The molecule has 1 aromatic carbocycles. The molecule has 0 aliphatic carbocycles. The van der Waals surface area contributed by atoms with Gasteiger partial charge >= 0.3 is 0 Å². The van der Waals surface area contributed by atoms with Crippen molar-refractivity contribution >= 4 is 17.7 Å². The molecule has 0 radical (unpaired) electrons. The highest BCUT2D eigenvalue weighted by Gasteiger charge is 2.57. The third kappa shape index (κ3) is 1.95. The normalized spacial score (nSPS) is 24.8. The number of amides is 1. The predicted octanol–water partition coefficient (Wildman–Crippen LogP) is 3.62. The molecule has 4 rings (SSSR count). The Balaban J connectivity index is 1.85. The first-order valence-corrected chi connectivity index (χ1v) is 8.38. The number of nitrogens with one attached hydrogen (secondary N) is 1. The molecule has 1 N–H and O–H groups in total. The average Bonchev–Trinajstić information content (AvgIpc) is 3.05. The van der Waals surface area contributed by atoms with Crippen molar-refractivity contribution in [2.24, 2.45) is 0 Å². The lowest BCUT2D eigenvalue weighted by molar-refractivity contribution is -0.124. The van der Waals surface area contributed by atoms with E-state index in [1.54, 1.807) is 0 Å². The zero-order valence-electron chi connectivity index (χ0n) is 14.3. The van der Waals surface area contributed by atoms with Gasteiger partial charge in [-0.2, -0.15) is 0 Å². The Bertz CT molecular complexity index is 834. The fraction of sp³-hybridized carbons (Fsp3) is 0.350. The lowest BCUT2D eigenvalue weighted by atomic mass is 9.74. The van der Waals surface area contributed by atoms with Gasteiger partial charge in [-0.25, -0.2) is 0 Å². The van der Waals surface area contributed by atoms with E-state index in [-0.39, 0.29) is 11.3 Å². The van der Waals surface area contributed by atoms with Crippen molar-refractivity contribution in [3.05, 3.63) is 59.6 Å². The summed E-state index contributed by atoms with van der Waals surface area (Å²) in [5, 5.41) is 3.26. The average molecular weight is 322 g/mol. The summed E-state index contributed by atoms with van der Waals surface area (Å²) >= 11 is 0. The van der Waals surface area contributed by atoms with E-state index in [2.05, 4.69) is 54.4 Å². The first kappa shape index (κ1) is 15.1. The number of hydrogen-bond donors (Lipinski definition) is 1. The third-order valence-corrected chi connectivity index (χ3v) is 5.39. The second-order valence-electron chi connectivity index (χ2n) is 7.14. The Morgan fingerprint density at radius 3 is 2.75 bits per heavy atom. The molecule has 0 unspecified atom stereocenters. The monoisotopic (exact) mass is 322 g/mol. The summed E-state index contributed by atoms with van der Waals surface area (Å²) in [6.07, 6.45) is 4.57. The lowest BCUT2D eigenvalue weighted by Gasteiger charge is -2.49. The molecule has 0 spiro atoms. The van der Waals surface area contributed by atoms with E-state index in [1.165, 1.54) is 11.3 Å². The molecular weight excluding hydrogens is 300 g/mol. The molecule has 124 valence electrons. The van der Waals surface area contributed by atoms with E-state index in [4.69, 9.17) is 4.42 Å². The van der Waals surface area contributed by atoms with E-state index < -0.39 is 5.66 Å². The molecule has 2 aliphatic rings.